The minimum atomic E-state index is 0.202. The molecule has 1 aromatic carbocycles. The highest BCUT2D eigenvalue weighted by Gasteiger charge is 2.08. The van der Waals surface area contributed by atoms with E-state index in [1.54, 1.807) is 7.11 Å². The van der Waals surface area contributed by atoms with Gasteiger partial charge in [-0.15, -0.1) is 0 Å². The van der Waals surface area contributed by atoms with Crippen molar-refractivity contribution in [3.63, 3.8) is 0 Å². The van der Waals surface area contributed by atoms with E-state index < -0.39 is 0 Å². The Kier molecular flexibility index (Phi) is 4.15. The van der Waals surface area contributed by atoms with Crippen molar-refractivity contribution in [3.8, 4) is 5.75 Å². The number of nitrogens with zero attached hydrogens (tertiary/aromatic N) is 2. The molecule has 1 unspecified atom stereocenters. The molecule has 0 radical (unpaired) electrons. The van der Waals surface area contributed by atoms with E-state index >= 15 is 0 Å². The average molecular weight is 263 g/mol. The molecule has 1 aromatic heterocycles. The van der Waals surface area contributed by atoms with Crippen molar-refractivity contribution in [3.05, 3.63) is 35.7 Å². The van der Waals surface area contributed by atoms with Gasteiger partial charge in [0.1, 0.15) is 11.6 Å². The molecule has 18 heavy (non-hydrogen) atoms. The summed E-state index contributed by atoms with van der Waals surface area (Å²) in [5.74, 6) is 1.76. The van der Waals surface area contributed by atoms with Gasteiger partial charge in [-0.25, -0.2) is 4.98 Å². The van der Waals surface area contributed by atoms with Gasteiger partial charge in [-0.2, -0.15) is 4.37 Å². The summed E-state index contributed by atoms with van der Waals surface area (Å²) in [7, 11) is 1.67. The smallest absolute Gasteiger partial charge is 0.203 e. The fraction of sp³-hybridized carbons (Fsp3) is 0.385. The molecule has 0 bridgehead atoms. The zero-order valence-corrected chi connectivity index (χ0v) is 11.6. The molecule has 0 aliphatic heterocycles. The summed E-state index contributed by atoms with van der Waals surface area (Å²) in [5.41, 5.74) is 1.20. The SMILES string of the molecule is CCc1nsc(NC(C)c2ccc(OC)cc2)n1. The van der Waals surface area contributed by atoms with Crippen LogP contribution in [0.3, 0.4) is 0 Å². The van der Waals surface area contributed by atoms with E-state index in [1.807, 2.05) is 12.1 Å². The van der Waals surface area contributed by atoms with E-state index in [-0.39, 0.29) is 6.04 Å². The lowest BCUT2D eigenvalue weighted by molar-refractivity contribution is 0.414. The van der Waals surface area contributed by atoms with E-state index in [4.69, 9.17) is 4.74 Å². The van der Waals surface area contributed by atoms with Crippen LogP contribution in [0.4, 0.5) is 5.13 Å². The summed E-state index contributed by atoms with van der Waals surface area (Å²) >= 11 is 1.41. The number of hydrogen-bond donors (Lipinski definition) is 1. The van der Waals surface area contributed by atoms with Crippen LogP contribution in [0.25, 0.3) is 0 Å². The maximum Gasteiger partial charge on any atom is 0.203 e. The molecule has 2 aromatic rings. The summed E-state index contributed by atoms with van der Waals surface area (Å²) in [4.78, 5) is 4.40. The van der Waals surface area contributed by atoms with Crippen LogP contribution in [-0.2, 0) is 6.42 Å². The Morgan fingerprint density at radius 1 is 1.33 bits per heavy atom. The third kappa shape index (κ3) is 2.98. The lowest BCUT2D eigenvalue weighted by Crippen LogP contribution is -2.06. The fourth-order valence-corrected chi connectivity index (χ4v) is 2.35. The standard InChI is InChI=1S/C13H17N3OS/c1-4-12-15-13(18-16-12)14-9(2)10-5-7-11(17-3)8-6-10/h5-9H,4H2,1-3H3,(H,14,15,16). The summed E-state index contributed by atoms with van der Waals surface area (Å²) in [6.07, 6.45) is 0.870. The number of benzene rings is 1. The number of hydrogen-bond acceptors (Lipinski definition) is 5. The molecule has 4 nitrogen and oxygen atoms in total. The van der Waals surface area contributed by atoms with Crippen LogP contribution in [0.15, 0.2) is 24.3 Å². The first-order valence-corrected chi connectivity index (χ1v) is 6.73. The predicted octanol–water partition coefficient (Wildman–Crippen LogP) is 3.28. The number of anilines is 1. The van der Waals surface area contributed by atoms with Gasteiger partial charge in [-0.3, -0.25) is 0 Å². The maximum atomic E-state index is 5.14. The lowest BCUT2D eigenvalue weighted by Gasteiger charge is -2.13. The second-order valence-corrected chi connectivity index (χ2v) is 4.76. The third-order valence-electron chi connectivity index (χ3n) is 2.74. The Hall–Kier alpha value is -1.62. The van der Waals surface area contributed by atoms with Crippen LogP contribution in [0, 0.1) is 0 Å². The molecule has 0 aliphatic rings. The number of aromatic nitrogens is 2. The van der Waals surface area contributed by atoms with Crippen LogP contribution in [0.1, 0.15) is 31.3 Å². The van der Waals surface area contributed by atoms with Gasteiger partial charge in [0, 0.05) is 18.0 Å². The van der Waals surface area contributed by atoms with Crippen molar-refractivity contribution >= 4 is 16.7 Å². The number of ether oxygens (including phenoxy) is 1. The first-order chi connectivity index (χ1) is 8.72. The maximum absolute atomic E-state index is 5.14. The Balaban J connectivity index is 2.03. The normalized spacial score (nSPS) is 12.2. The highest BCUT2D eigenvalue weighted by molar-refractivity contribution is 7.09. The van der Waals surface area contributed by atoms with Gasteiger partial charge in [0.2, 0.25) is 5.13 Å². The van der Waals surface area contributed by atoms with Gasteiger partial charge in [0.15, 0.2) is 0 Å². The Morgan fingerprint density at radius 2 is 2.06 bits per heavy atom. The monoisotopic (exact) mass is 263 g/mol. The van der Waals surface area contributed by atoms with Crippen LogP contribution in [0.2, 0.25) is 0 Å². The molecule has 0 aliphatic carbocycles. The van der Waals surface area contributed by atoms with Crippen LogP contribution in [0.5, 0.6) is 5.75 Å². The highest BCUT2D eigenvalue weighted by atomic mass is 32.1. The van der Waals surface area contributed by atoms with Crippen molar-refractivity contribution in [2.45, 2.75) is 26.3 Å². The van der Waals surface area contributed by atoms with Crippen molar-refractivity contribution in [2.75, 3.05) is 12.4 Å². The van der Waals surface area contributed by atoms with Crippen molar-refractivity contribution in [1.82, 2.24) is 9.36 Å². The quantitative estimate of drug-likeness (QED) is 0.899. The van der Waals surface area contributed by atoms with Crippen LogP contribution >= 0.6 is 11.5 Å². The van der Waals surface area contributed by atoms with Crippen molar-refractivity contribution < 1.29 is 4.74 Å². The van der Waals surface area contributed by atoms with Gasteiger partial charge >= 0.3 is 0 Å². The molecule has 96 valence electrons. The molecule has 5 heteroatoms. The van der Waals surface area contributed by atoms with Gasteiger partial charge in [-0.05, 0) is 24.6 Å². The first-order valence-electron chi connectivity index (χ1n) is 5.96. The lowest BCUT2D eigenvalue weighted by atomic mass is 10.1. The fourth-order valence-electron chi connectivity index (χ4n) is 1.62. The first kappa shape index (κ1) is 12.8. The summed E-state index contributed by atoms with van der Waals surface area (Å²) in [6, 6.07) is 8.24. The average Bonchev–Trinajstić information content (AvgIpc) is 2.86. The van der Waals surface area contributed by atoms with Crippen LogP contribution in [-0.4, -0.2) is 16.5 Å². The molecule has 0 fully saturated rings. The molecule has 0 saturated carbocycles. The third-order valence-corrected chi connectivity index (χ3v) is 3.42. The molecule has 0 spiro atoms. The van der Waals surface area contributed by atoms with Gasteiger partial charge in [-0.1, -0.05) is 19.1 Å². The number of nitrogens with one attached hydrogen (secondary N) is 1. The molecule has 0 saturated heterocycles. The van der Waals surface area contributed by atoms with Gasteiger partial charge in [0.25, 0.3) is 0 Å². The van der Waals surface area contributed by atoms with E-state index in [2.05, 4.69) is 40.7 Å². The number of aryl methyl sites for hydroxylation is 1. The summed E-state index contributed by atoms with van der Waals surface area (Å²) in [5, 5.41) is 4.22. The second-order valence-electron chi connectivity index (χ2n) is 4.01. The van der Waals surface area contributed by atoms with E-state index in [0.29, 0.717) is 0 Å². The van der Waals surface area contributed by atoms with Crippen molar-refractivity contribution in [1.29, 1.82) is 0 Å². The predicted molar refractivity (Wildman–Crippen MR) is 74.3 cm³/mol. The van der Waals surface area contributed by atoms with Gasteiger partial charge in [0.05, 0.1) is 13.2 Å². The largest absolute Gasteiger partial charge is 0.497 e. The molecule has 1 atom stereocenters. The molecule has 2 rings (SSSR count). The molecular weight excluding hydrogens is 246 g/mol. The number of rotatable bonds is 5. The zero-order chi connectivity index (χ0) is 13.0. The Labute approximate surface area is 111 Å². The molecular formula is C13H17N3OS. The Morgan fingerprint density at radius 3 is 2.61 bits per heavy atom. The Bertz CT molecular complexity index is 495. The molecule has 0 amide bonds. The van der Waals surface area contributed by atoms with Gasteiger partial charge < -0.3 is 10.1 Å². The second kappa shape index (κ2) is 5.82. The minimum Gasteiger partial charge on any atom is -0.497 e. The molecule has 1 heterocycles. The van der Waals surface area contributed by atoms with E-state index in [9.17, 15) is 0 Å². The highest BCUT2D eigenvalue weighted by Crippen LogP contribution is 2.22. The van der Waals surface area contributed by atoms with E-state index in [0.717, 1.165) is 23.1 Å². The summed E-state index contributed by atoms with van der Waals surface area (Å²) in [6.45, 7) is 4.16. The topological polar surface area (TPSA) is 47.0 Å². The van der Waals surface area contributed by atoms with E-state index in [1.165, 1.54) is 17.1 Å². The van der Waals surface area contributed by atoms with Crippen LogP contribution < -0.4 is 10.1 Å². The van der Waals surface area contributed by atoms with Crippen molar-refractivity contribution in [2.24, 2.45) is 0 Å². The zero-order valence-electron chi connectivity index (χ0n) is 10.8. The summed E-state index contributed by atoms with van der Waals surface area (Å²) < 4.78 is 9.40. The number of methoxy groups -OCH3 is 1. The molecule has 1 N–H and O–H groups in total. The minimum absolute atomic E-state index is 0.202.